The minimum atomic E-state index is -0.694. The highest BCUT2D eigenvalue weighted by Crippen LogP contribution is 2.34. The summed E-state index contributed by atoms with van der Waals surface area (Å²) in [5.41, 5.74) is 6.92. The largest absolute Gasteiger partial charge is 0.493 e. The normalized spacial score (nSPS) is 19.5. The van der Waals surface area contributed by atoms with Crippen molar-refractivity contribution in [1.29, 1.82) is 0 Å². The lowest BCUT2D eigenvalue weighted by Gasteiger charge is -2.34. The van der Waals surface area contributed by atoms with Crippen LogP contribution in [0, 0.1) is 0 Å². The Labute approximate surface area is 197 Å². The number of hydrogen-bond donors (Lipinski definition) is 2. The number of anilines is 2. The van der Waals surface area contributed by atoms with Crippen LogP contribution in [-0.2, 0) is 4.79 Å². The maximum atomic E-state index is 12.9. The van der Waals surface area contributed by atoms with Crippen molar-refractivity contribution >= 4 is 28.6 Å². The summed E-state index contributed by atoms with van der Waals surface area (Å²) in [4.78, 5) is 24.1. The van der Waals surface area contributed by atoms with Crippen LogP contribution in [0.3, 0.4) is 0 Å². The van der Waals surface area contributed by atoms with Crippen molar-refractivity contribution in [2.24, 2.45) is 0 Å². The number of nitrogen functional groups attached to an aromatic ring is 1. The number of carbonyl (C=O) groups is 1. The molecule has 178 valence electrons. The van der Waals surface area contributed by atoms with Gasteiger partial charge >= 0.3 is 0 Å². The minimum absolute atomic E-state index is 0.0760. The number of nitrogens with zero attached hydrogens (tertiary/aromatic N) is 3. The summed E-state index contributed by atoms with van der Waals surface area (Å²) in [5.74, 6) is 3.04. The Morgan fingerprint density at radius 2 is 1.91 bits per heavy atom. The molecule has 1 amide bonds. The Bertz CT molecular complexity index is 1220. The van der Waals surface area contributed by atoms with E-state index in [1.807, 2.05) is 23.1 Å². The number of benzene rings is 2. The summed E-state index contributed by atoms with van der Waals surface area (Å²) in [7, 11) is 3.15. The molecule has 1 aromatic heterocycles. The molecular formula is C24H27N5O5. The Balaban J connectivity index is 1.30. The highest BCUT2D eigenvalue weighted by atomic mass is 16.6. The zero-order valence-corrected chi connectivity index (χ0v) is 19.1. The van der Waals surface area contributed by atoms with Crippen molar-refractivity contribution < 1.29 is 23.7 Å². The summed E-state index contributed by atoms with van der Waals surface area (Å²) < 4.78 is 22.3. The van der Waals surface area contributed by atoms with Gasteiger partial charge < -0.3 is 34.9 Å². The molecule has 1 unspecified atom stereocenters. The molecule has 2 aliphatic rings. The molecule has 10 nitrogen and oxygen atoms in total. The van der Waals surface area contributed by atoms with Crippen LogP contribution in [0.1, 0.15) is 12.8 Å². The van der Waals surface area contributed by atoms with Gasteiger partial charge in [-0.15, -0.1) is 0 Å². The first kappa shape index (κ1) is 21.9. The number of rotatable bonds is 5. The summed E-state index contributed by atoms with van der Waals surface area (Å²) in [6, 6.07) is 10.8. The van der Waals surface area contributed by atoms with Crippen LogP contribution >= 0.6 is 0 Å². The van der Waals surface area contributed by atoms with E-state index < -0.39 is 6.10 Å². The van der Waals surface area contributed by atoms with Gasteiger partial charge in [0.25, 0.3) is 5.91 Å². The number of fused-ring (bicyclic) bond motifs is 2. The molecule has 3 aromatic rings. The molecule has 2 atom stereocenters. The monoisotopic (exact) mass is 465 g/mol. The van der Waals surface area contributed by atoms with Gasteiger partial charge in [-0.25, -0.2) is 4.98 Å². The van der Waals surface area contributed by atoms with Gasteiger partial charge in [-0.3, -0.25) is 4.79 Å². The van der Waals surface area contributed by atoms with E-state index in [0.717, 1.165) is 19.4 Å². The Morgan fingerprint density at radius 1 is 1.15 bits per heavy atom. The van der Waals surface area contributed by atoms with E-state index in [0.29, 0.717) is 52.2 Å². The standard InChI is InChI=1S/C24H27N5O5/c1-31-19-10-15-16(11-20(19)32-2)27-24(28-22(15)25)29-9-5-6-14(12-29)26-23(30)21-13-33-17-7-3-4-8-18(17)34-21/h3-4,7-8,10-11,14,21H,5-6,9,12-13H2,1-2H3,(H,26,30)(H2,25,27,28)/t14-,21?/m0/s1. The maximum absolute atomic E-state index is 12.9. The van der Waals surface area contributed by atoms with E-state index in [1.54, 1.807) is 32.4 Å². The topological polar surface area (TPSA) is 121 Å². The number of ether oxygens (including phenoxy) is 4. The fourth-order valence-corrected chi connectivity index (χ4v) is 4.33. The predicted molar refractivity (Wildman–Crippen MR) is 127 cm³/mol. The Morgan fingerprint density at radius 3 is 2.71 bits per heavy atom. The molecule has 3 N–H and O–H groups in total. The van der Waals surface area contributed by atoms with Crippen LogP contribution in [0.4, 0.5) is 11.8 Å². The van der Waals surface area contributed by atoms with Crippen molar-refractivity contribution in [3.8, 4) is 23.0 Å². The summed E-state index contributed by atoms with van der Waals surface area (Å²) >= 11 is 0. The van der Waals surface area contributed by atoms with Crippen molar-refractivity contribution in [2.45, 2.75) is 25.0 Å². The zero-order valence-electron chi connectivity index (χ0n) is 19.1. The smallest absolute Gasteiger partial charge is 0.264 e. The summed E-state index contributed by atoms with van der Waals surface area (Å²) in [6.45, 7) is 1.50. The quantitative estimate of drug-likeness (QED) is 0.584. The number of carbonyl (C=O) groups excluding carboxylic acids is 1. The highest BCUT2D eigenvalue weighted by Gasteiger charge is 2.31. The van der Waals surface area contributed by atoms with E-state index in [2.05, 4.69) is 10.3 Å². The van der Waals surface area contributed by atoms with Crippen molar-refractivity contribution in [3.63, 3.8) is 0 Å². The van der Waals surface area contributed by atoms with Gasteiger partial charge in [0.15, 0.2) is 23.0 Å². The van der Waals surface area contributed by atoms with Gasteiger partial charge in [-0.1, -0.05) is 12.1 Å². The molecule has 34 heavy (non-hydrogen) atoms. The molecule has 2 aliphatic heterocycles. The van der Waals surface area contributed by atoms with Crippen molar-refractivity contribution in [1.82, 2.24) is 15.3 Å². The number of methoxy groups -OCH3 is 2. The average molecular weight is 466 g/mol. The first-order valence-electron chi connectivity index (χ1n) is 11.2. The molecule has 1 saturated heterocycles. The lowest BCUT2D eigenvalue weighted by molar-refractivity contribution is -0.131. The molecule has 0 aliphatic carbocycles. The second-order valence-electron chi connectivity index (χ2n) is 8.29. The SMILES string of the molecule is COc1cc2nc(N3CCC[C@H](NC(=O)C4COc5ccccc5O4)C3)nc(N)c2cc1OC. The van der Waals surface area contributed by atoms with Crippen LogP contribution < -0.4 is 34.9 Å². The van der Waals surface area contributed by atoms with Crippen LogP contribution in [0.25, 0.3) is 10.9 Å². The fourth-order valence-electron chi connectivity index (χ4n) is 4.33. The van der Waals surface area contributed by atoms with Gasteiger partial charge in [0, 0.05) is 30.6 Å². The summed E-state index contributed by atoms with van der Waals surface area (Å²) in [5, 5.41) is 3.79. The molecule has 3 heterocycles. The van der Waals surface area contributed by atoms with E-state index >= 15 is 0 Å². The van der Waals surface area contributed by atoms with Gasteiger partial charge in [-0.2, -0.15) is 4.98 Å². The van der Waals surface area contributed by atoms with Crippen molar-refractivity contribution in [3.05, 3.63) is 36.4 Å². The molecular weight excluding hydrogens is 438 g/mol. The third kappa shape index (κ3) is 4.18. The number of piperidine rings is 1. The van der Waals surface area contributed by atoms with Crippen LogP contribution in [0.15, 0.2) is 36.4 Å². The number of para-hydroxylation sites is 2. The number of aromatic nitrogens is 2. The molecule has 10 heteroatoms. The zero-order chi connectivity index (χ0) is 23.7. The first-order chi connectivity index (χ1) is 16.6. The number of nitrogens with one attached hydrogen (secondary N) is 1. The Hall–Kier alpha value is -3.95. The van der Waals surface area contributed by atoms with Crippen LogP contribution in [0.2, 0.25) is 0 Å². The van der Waals surface area contributed by atoms with E-state index in [1.165, 1.54) is 0 Å². The summed E-state index contributed by atoms with van der Waals surface area (Å²) in [6.07, 6.45) is 1.03. The van der Waals surface area contributed by atoms with Crippen molar-refractivity contribution in [2.75, 3.05) is 44.5 Å². The fraction of sp³-hybridized carbons (Fsp3) is 0.375. The van der Waals surface area contributed by atoms with E-state index in [9.17, 15) is 4.79 Å². The number of hydrogen-bond acceptors (Lipinski definition) is 9. The molecule has 0 spiro atoms. The first-order valence-corrected chi connectivity index (χ1v) is 11.2. The van der Waals surface area contributed by atoms with Gasteiger partial charge in [0.05, 0.1) is 19.7 Å². The average Bonchev–Trinajstić information content (AvgIpc) is 2.87. The second-order valence-corrected chi connectivity index (χ2v) is 8.29. The minimum Gasteiger partial charge on any atom is -0.493 e. The molecule has 0 saturated carbocycles. The van der Waals surface area contributed by atoms with Gasteiger partial charge in [-0.05, 0) is 31.0 Å². The van der Waals surface area contributed by atoms with Gasteiger partial charge in [0.1, 0.15) is 12.4 Å². The van der Waals surface area contributed by atoms with E-state index in [-0.39, 0.29) is 18.6 Å². The maximum Gasteiger partial charge on any atom is 0.264 e. The lowest BCUT2D eigenvalue weighted by atomic mass is 10.1. The third-order valence-electron chi connectivity index (χ3n) is 6.07. The third-order valence-corrected chi connectivity index (χ3v) is 6.07. The lowest BCUT2D eigenvalue weighted by Crippen LogP contribution is -2.53. The molecule has 0 bridgehead atoms. The highest BCUT2D eigenvalue weighted by molar-refractivity contribution is 5.91. The van der Waals surface area contributed by atoms with Crippen LogP contribution in [-0.4, -0.2) is 61.9 Å². The van der Waals surface area contributed by atoms with Gasteiger partial charge in [0.2, 0.25) is 12.1 Å². The molecule has 0 radical (unpaired) electrons. The number of nitrogens with two attached hydrogens (primary N) is 1. The number of amides is 1. The van der Waals surface area contributed by atoms with Crippen LogP contribution in [0.5, 0.6) is 23.0 Å². The Kier molecular flexibility index (Phi) is 5.87. The predicted octanol–water partition coefficient (Wildman–Crippen LogP) is 2.15. The molecule has 5 rings (SSSR count). The second kappa shape index (κ2) is 9.12. The molecule has 1 fully saturated rings. The molecule has 2 aromatic carbocycles. The van der Waals surface area contributed by atoms with E-state index in [4.69, 9.17) is 29.7 Å².